The fourth-order valence-corrected chi connectivity index (χ4v) is 9.49. The van der Waals surface area contributed by atoms with Crippen molar-refractivity contribution in [3.63, 3.8) is 0 Å². The minimum atomic E-state index is 1.14. The largest absolute Gasteiger partial charge is 0.309 e. The van der Waals surface area contributed by atoms with Crippen molar-refractivity contribution in [2.24, 2.45) is 0 Å². The highest BCUT2D eigenvalue weighted by Crippen LogP contribution is 2.45. The molecule has 0 fully saturated rings. The quantitative estimate of drug-likeness (QED) is 0.167. The second-order valence-electron chi connectivity index (χ2n) is 15.3. The summed E-state index contributed by atoms with van der Waals surface area (Å²) in [6.45, 7) is 0. The van der Waals surface area contributed by atoms with E-state index in [-0.39, 0.29) is 0 Å². The Balaban J connectivity index is 1.25. The van der Waals surface area contributed by atoms with E-state index in [2.05, 4.69) is 228 Å². The van der Waals surface area contributed by atoms with Crippen LogP contribution in [-0.2, 0) is 0 Å². The Bertz CT molecular complexity index is 3540. The Hall–Kier alpha value is -7.68. The van der Waals surface area contributed by atoms with Gasteiger partial charge in [-0.1, -0.05) is 152 Å². The van der Waals surface area contributed by atoms with Gasteiger partial charge in [0, 0.05) is 32.9 Å². The van der Waals surface area contributed by atoms with Gasteiger partial charge in [0.2, 0.25) is 0 Å². The van der Waals surface area contributed by atoms with Crippen molar-refractivity contribution in [2.75, 3.05) is 0 Å². The topological polar surface area (TPSA) is 9.86 Å². The summed E-state index contributed by atoms with van der Waals surface area (Å²) in [6.07, 6.45) is 0. The van der Waals surface area contributed by atoms with Crippen molar-refractivity contribution in [1.29, 1.82) is 0 Å². The lowest BCUT2D eigenvalue weighted by Gasteiger charge is -2.18. The molecule has 0 aliphatic heterocycles. The summed E-state index contributed by atoms with van der Waals surface area (Å²) < 4.78 is 4.90. The fraction of sp³-hybridized carbons (Fsp3) is 0. The van der Waals surface area contributed by atoms with Gasteiger partial charge >= 0.3 is 0 Å². The first-order valence-electron chi connectivity index (χ1n) is 20.0. The van der Waals surface area contributed by atoms with E-state index in [1.807, 2.05) is 0 Å². The van der Waals surface area contributed by atoms with Gasteiger partial charge in [-0.25, -0.2) is 0 Å². The van der Waals surface area contributed by atoms with Gasteiger partial charge in [-0.3, -0.25) is 0 Å². The summed E-state index contributed by atoms with van der Waals surface area (Å²) >= 11 is 0. The van der Waals surface area contributed by atoms with Crippen LogP contribution in [0.1, 0.15) is 0 Å². The maximum absolute atomic E-state index is 2.49. The average Bonchev–Trinajstić information content (AvgIpc) is 3.81. The molecule has 2 heterocycles. The van der Waals surface area contributed by atoms with Gasteiger partial charge in [-0.2, -0.15) is 0 Å². The van der Waals surface area contributed by atoms with Gasteiger partial charge in [0.05, 0.1) is 22.1 Å². The van der Waals surface area contributed by atoms with Gasteiger partial charge in [0.25, 0.3) is 0 Å². The van der Waals surface area contributed by atoms with Crippen molar-refractivity contribution in [1.82, 2.24) is 9.13 Å². The number of fused-ring (bicyclic) bond motifs is 8. The molecule has 2 nitrogen and oxygen atoms in total. The number of nitrogens with zero attached hydrogens (tertiary/aromatic N) is 2. The Morgan fingerprint density at radius 3 is 1.52 bits per heavy atom. The van der Waals surface area contributed by atoms with E-state index in [0.29, 0.717) is 0 Å². The molecule has 0 bridgehead atoms. The molecule has 0 radical (unpaired) electrons. The summed E-state index contributed by atoms with van der Waals surface area (Å²) in [4.78, 5) is 0. The van der Waals surface area contributed by atoms with E-state index in [0.717, 1.165) is 11.4 Å². The van der Waals surface area contributed by atoms with Crippen molar-refractivity contribution >= 4 is 65.2 Å². The lowest BCUT2D eigenvalue weighted by molar-refractivity contribution is 1.18. The van der Waals surface area contributed by atoms with Crippen LogP contribution in [0.25, 0.3) is 110 Å². The Kier molecular flexibility index (Phi) is 7.26. The maximum Gasteiger partial charge on any atom is 0.0547 e. The van der Waals surface area contributed by atoms with Crippen molar-refractivity contribution in [3.8, 4) is 44.8 Å². The van der Waals surface area contributed by atoms with Gasteiger partial charge in [-0.15, -0.1) is 0 Å². The molecule has 2 heteroatoms. The second kappa shape index (κ2) is 12.9. The highest BCUT2D eigenvalue weighted by Gasteiger charge is 2.21. The Morgan fingerprint density at radius 1 is 0.241 bits per heavy atom. The molecule has 0 amide bonds. The third-order valence-electron chi connectivity index (χ3n) is 12.0. The van der Waals surface area contributed by atoms with Crippen molar-refractivity contribution < 1.29 is 0 Å². The first-order valence-corrected chi connectivity index (χ1v) is 20.0. The highest BCUT2D eigenvalue weighted by molar-refractivity contribution is 6.19. The SMILES string of the molecule is c1ccc(-c2cc3cc(-n4c5ccccc5c5cc6ccccc6cc54)cc(-c4cccc5c4c4ccccc4n5-c4ccccc4)c3cc2-c2ccccc2)cc1. The molecule has 0 unspecified atom stereocenters. The van der Waals surface area contributed by atoms with E-state index >= 15 is 0 Å². The second-order valence-corrected chi connectivity index (χ2v) is 15.3. The smallest absolute Gasteiger partial charge is 0.0547 e. The van der Waals surface area contributed by atoms with E-state index in [4.69, 9.17) is 0 Å². The minimum Gasteiger partial charge on any atom is -0.309 e. The molecule has 0 spiro atoms. The molecule has 270 valence electrons. The zero-order valence-electron chi connectivity index (χ0n) is 31.7. The average molecular weight is 737 g/mol. The van der Waals surface area contributed by atoms with Crippen LogP contribution in [0.5, 0.6) is 0 Å². The summed E-state index contributed by atoms with van der Waals surface area (Å²) in [5, 5.41) is 9.90. The molecule has 0 atom stereocenters. The number of benzene rings is 10. The van der Waals surface area contributed by atoms with Crippen molar-refractivity contribution in [2.45, 2.75) is 0 Å². The lowest BCUT2D eigenvalue weighted by Crippen LogP contribution is -1.97. The van der Waals surface area contributed by atoms with Gasteiger partial charge in [0.1, 0.15) is 0 Å². The van der Waals surface area contributed by atoms with E-state index in [9.17, 15) is 0 Å². The molecule has 10 aromatic carbocycles. The summed E-state index contributed by atoms with van der Waals surface area (Å²) in [5.74, 6) is 0. The Labute approximate surface area is 336 Å². The maximum atomic E-state index is 2.49. The zero-order valence-corrected chi connectivity index (χ0v) is 31.7. The van der Waals surface area contributed by atoms with Crippen LogP contribution >= 0.6 is 0 Å². The molecule has 0 aliphatic carbocycles. The summed E-state index contributed by atoms with van der Waals surface area (Å²) in [6, 6.07) is 80.2. The van der Waals surface area contributed by atoms with Gasteiger partial charge in [0.15, 0.2) is 0 Å². The number of hydrogen-bond donors (Lipinski definition) is 0. The van der Waals surface area contributed by atoms with Crippen LogP contribution in [0, 0.1) is 0 Å². The molecule has 0 saturated heterocycles. The monoisotopic (exact) mass is 736 g/mol. The third-order valence-corrected chi connectivity index (χ3v) is 12.0. The van der Waals surface area contributed by atoms with Crippen LogP contribution in [-0.4, -0.2) is 9.13 Å². The standard InChI is InChI=1S/C56H36N2/c1-4-17-37(18-5-1)47-33-41-31-43(58-52-28-14-12-25-44(52)51-32-39-21-10-11-22-40(39)34-55(51)58)35-50(49(41)36-48(47)38-19-6-2-7-20-38)45-27-16-30-54-56(45)46-26-13-15-29-53(46)57(54)42-23-8-3-9-24-42/h1-36H. The molecule has 12 rings (SSSR count). The fourth-order valence-electron chi connectivity index (χ4n) is 9.49. The molecular weight excluding hydrogens is 701 g/mol. The number of hydrogen-bond acceptors (Lipinski definition) is 0. The highest BCUT2D eigenvalue weighted by atomic mass is 15.0. The number of rotatable bonds is 5. The zero-order chi connectivity index (χ0) is 38.2. The first-order chi connectivity index (χ1) is 28.8. The molecule has 0 N–H and O–H groups in total. The van der Waals surface area contributed by atoms with E-state index in [1.165, 1.54) is 98.5 Å². The van der Waals surface area contributed by atoms with Crippen LogP contribution < -0.4 is 0 Å². The van der Waals surface area contributed by atoms with E-state index in [1.54, 1.807) is 0 Å². The molecular formula is C56H36N2. The predicted molar refractivity (Wildman–Crippen MR) is 246 cm³/mol. The molecule has 2 aromatic heterocycles. The van der Waals surface area contributed by atoms with Crippen LogP contribution in [0.4, 0.5) is 0 Å². The number of aromatic nitrogens is 2. The predicted octanol–water partition coefficient (Wildman–Crippen LogP) is 15.2. The van der Waals surface area contributed by atoms with Crippen LogP contribution in [0.2, 0.25) is 0 Å². The van der Waals surface area contributed by atoms with Gasteiger partial charge in [-0.05, 0) is 122 Å². The van der Waals surface area contributed by atoms with Crippen molar-refractivity contribution in [3.05, 3.63) is 218 Å². The van der Waals surface area contributed by atoms with Crippen LogP contribution in [0.15, 0.2) is 218 Å². The summed E-state index contributed by atoms with van der Waals surface area (Å²) in [5.41, 5.74) is 14.3. The third kappa shape index (κ3) is 4.99. The summed E-state index contributed by atoms with van der Waals surface area (Å²) in [7, 11) is 0. The first kappa shape index (κ1) is 32.6. The van der Waals surface area contributed by atoms with Gasteiger partial charge < -0.3 is 9.13 Å². The number of para-hydroxylation sites is 3. The van der Waals surface area contributed by atoms with E-state index < -0.39 is 0 Å². The Morgan fingerprint density at radius 2 is 0.793 bits per heavy atom. The molecule has 12 aromatic rings. The van der Waals surface area contributed by atoms with Crippen LogP contribution in [0.3, 0.4) is 0 Å². The minimum absolute atomic E-state index is 1.14. The lowest BCUT2D eigenvalue weighted by atomic mass is 9.87. The molecule has 58 heavy (non-hydrogen) atoms. The normalized spacial score (nSPS) is 11.8. The molecule has 0 saturated carbocycles. The molecule has 0 aliphatic rings.